The monoisotopic (exact) mass is 301 g/mol. The SMILES string of the molecule is CNC(=O)C1CCCN1S(=O)(=O)c1ccc(F)c(N)c1. The minimum Gasteiger partial charge on any atom is -0.396 e. The summed E-state index contributed by atoms with van der Waals surface area (Å²) in [6.45, 7) is 0.262. The van der Waals surface area contributed by atoms with Crippen LogP contribution in [0.5, 0.6) is 0 Å². The molecule has 110 valence electrons. The zero-order valence-electron chi connectivity index (χ0n) is 11.0. The number of halogens is 1. The molecule has 8 heteroatoms. The van der Waals surface area contributed by atoms with E-state index in [0.717, 1.165) is 22.5 Å². The number of carbonyl (C=O) groups is 1. The van der Waals surface area contributed by atoms with Gasteiger partial charge in [-0.1, -0.05) is 0 Å². The first-order valence-electron chi connectivity index (χ1n) is 6.16. The second-order valence-electron chi connectivity index (χ2n) is 4.57. The molecule has 1 aromatic rings. The summed E-state index contributed by atoms with van der Waals surface area (Å²) in [5, 5.41) is 2.45. The average Bonchev–Trinajstić information content (AvgIpc) is 2.90. The van der Waals surface area contributed by atoms with E-state index in [0.29, 0.717) is 12.8 Å². The Labute approximate surface area is 116 Å². The molecule has 0 aliphatic carbocycles. The molecule has 3 N–H and O–H groups in total. The molecule has 6 nitrogen and oxygen atoms in total. The molecule has 0 aromatic heterocycles. The van der Waals surface area contributed by atoms with E-state index in [1.54, 1.807) is 0 Å². The number of amides is 1. The third-order valence-electron chi connectivity index (χ3n) is 3.33. The van der Waals surface area contributed by atoms with Crippen LogP contribution in [0.15, 0.2) is 23.1 Å². The zero-order valence-corrected chi connectivity index (χ0v) is 11.8. The van der Waals surface area contributed by atoms with Gasteiger partial charge in [-0.15, -0.1) is 0 Å². The molecule has 1 saturated heterocycles. The van der Waals surface area contributed by atoms with Crippen molar-refractivity contribution >= 4 is 21.6 Å². The number of nitrogens with zero attached hydrogens (tertiary/aromatic N) is 1. The Balaban J connectivity index is 2.38. The molecule has 0 saturated carbocycles. The molecule has 1 fully saturated rings. The molecule has 0 bridgehead atoms. The van der Waals surface area contributed by atoms with Crippen molar-refractivity contribution in [1.82, 2.24) is 9.62 Å². The van der Waals surface area contributed by atoms with Gasteiger partial charge in [0.05, 0.1) is 10.6 Å². The van der Waals surface area contributed by atoms with Crippen molar-refractivity contribution in [3.8, 4) is 0 Å². The Morgan fingerprint density at radius 1 is 1.50 bits per heavy atom. The van der Waals surface area contributed by atoms with Gasteiger partial charge in [-0.3, -0.25) is 4.79 Å². The number of hydrogen-bond acceptors (Lipinski definition) is 4. The van der Waals surface area contributed by atoms with E-state index in [-0.39, 0.29) is 23.0 Å². The maximum Gasteiger partial charge on any atom is 0.243 e. The molecule has 1 unspecified atom stereocenters. The van der Waals surface area contributed by atoms with Crippen LogP contribution in [0.3, 0.4) is 0 Å². The number of benzene rings is 1. The second-order valence-corrected chi connectivity index (χ2v) is 6.46. The van der Waals surface area contributed by atoms with Crippen molar-refractivity contribution in [3.63, 3.8) is 0 Å². The predicted octanol–water partition coefficient (Wildman–Crippen LogP) is 0.307. The van der Waals surface area contributed by atoms with Crippen LogP contribution < -0.4 is 11.1 Å². The molecule has 1 aliphatic heterocycles. The zero-order chi connectivity index (χ0) is 14.9. The fourth-order valence-corrected chi connectivity index (χ4v) is 3.97. The predicted molar refractivity (Wildman–Crippen MR) is 71.8 cm³/mol. The Morgan fingerprint density at radius 3 is 2.80 bits per heavy atom. The van der Waals surface area contributed by atoms with E-state index in [4.69, 9.17) is 5.73 Å². The van der Waals surface area contributed by atoms with Crippen LogP contribution in [0.25, 0.3) is 0 Å². The van der Waals surface area contributed by atoms with E-state index < -0.39 is 21.9 Å². The van der Waals surface area contributed by atoms with E-state index in [1.165, 1.54) is 7.05 Å². The fraction of sp³-hybridized carbons (Fsp3) is 0.417. The Bertz CT molecular complexity index is 633. The third-order valence-corrected chi connectivity index (χ3v) is 5.23. The Morgan fingerprint density at radius 2 is 2.20 bits per heavy atom. The fourth-order valence-electron chi connectivity index (χ4n) is 2.27. The van der Waals surface area contributed by atoms with Gasteiger partial charge in [0.25, 0.3) is 0 Å². The topological polar surface area (TPSA) is 92.5 Å². The summed E-state index contributed by atoms with van der Waals surface area (Å²) in [5.41, 5.74) is 5.16. The minimum absolute atomic E-state index is 0.104. The van der Waals surface area contributed by atoms with Crippen LogP contribution in [0, 0.1) is 5.82 Å². The van der Waals surface area contributed by atoms with Gasteiger partial charge >= 0.3 is 0 Å². The van der Waals surface area contributed by atoms with Gasteiger partial charge in [0, 0.05) is 13.6 Å². The van der Waals surface area contributed by atoms with Crippen molar-refractivity contribution in [1.29, 1.82) is 0 Å². The first kappa shape index (κ1) is 14.7. The van der Waals surface area contributed by atoms with Gasteiger partial charge in [0.15, 0.2) is 0 Å². The molecule has 1 aromatic carbocycles. The van der Waals surface area contributed by atoms with Crippen LogP contribution in [-0.4, -0.2) is 38.3 Å². The van der Waals surface area contributed by atoms with Crippen molar-refractivity contribution in [2.45, 2.75) is 23.8 Å². The highest BCUT2D eigenvalue weighted by Gasteiger charge is 2.39. The number of anilines is 1. The maximum absolute atomic E-state index is 13.1. The lowest BCUT2D eigenvalue weighted by atomic mass is 10.2. The van der Waals surface area contributed by atoms with Crippen LogP contribution in [-0.2, 0) is 14.8 Å². The van der Waals surface area contributed by atoms with Gasteiger partial charge < -0.3 is 11.1 Å². The molecule has 2 rings (SSSR count). The van der Waals surface area contributed by atoms with Crippen molar-refractivity contribution in [2.24, 2.45) is 0 Å². The summed E-state index contributed by atoms with van der Waals surface area (Å²) in [6, 6.07) is 2.51. The lowest BCUT2D eigenvalue weighted by Gasteiger charge is -2.22. The number of nitrogens with one attached hydrogen (secondary N) is 1. The number of nitrogen functional groups attached to an aromatic ring is 1. The largest absolute Gasteiger partial charge is 0.396 e. The minimum atomic E-state index is -3.86. The molecule has 1 aliphatic rings. The van der Waals surface area contributed by atoms with Crippen LogP contribution >= 0.6 is 0 Å². The summed E-state index contributed by atoms with van der Waals surface area (Å²) in [7, 11) is -2.40. The summed E-state index contributed by atoms with van der Waals surface area (Å²) < 4.78 is 39.3. The van der Waals surface area contributed by atoms with E-state index >= 15 is 0 Å². The molecule has 1 heterocycles. The van der Waals surface area contributed by atoms with E-state index in [9.17, 15) is 17.6 Å². The Kier molecular flexibility index (Phi) is 3.96. The smallest absolute Gasteiger partial charge is 0.243 e. The number of nitrogens with two attached hydrogens (primary N) is 1. The maximum atomic E-state index is 13.1. The normalized spacial score (nSPS) is 20.0. The summed E-state index contributed by atoms with van der Waals surface area (Å²) in [4.78, 5) is 11.6. The molecule has 0 spiro atoms. The summed E-state index contributed by atoms with van der Waals surface area (Å²) in [6.07, 6.45) is 1.07. The number of likely N-dealkylation sites (N-methyl/N-ethyl adjacent to an activating group) is 1. The van der Waals surface area contributed by atoms with Crippen LogP contribution in [0.4, 0.5) is 10.1 Å². The molecule has 1 atom stereocenters. The van der Waals surface area contributed by atoms with Crippen LogP contribution in [0.2, 0.25) is 0 Å². The summed E-state index contributed by atoms with van der Waals surface area (Å²) in [5.74, 6) is -1.02. The summed E-state index contributed by atoms with van der Waals surface area (Å²) >= 11 is 0. The lowest BCUT2D eigenvalue weighted by Crippen LogP contribution is -2.44. The van der Waals surface area contributed by atoms with Crippen molar-refractivity contribution in [3.05, 3.63) is 24.0 Å². The van der Waals surface area contributed by atoms with Gasteiger partial charge in [-0.25, -0.2) is 12.8 Å². The van der Waals surface area contributed by atoms with E-state index in [2.05, 4.69) is 5.32 Å². The quantitative estimate of drug-likeness (QED) is 0.786. The molecular weight excluding hydrogens is 285 g/mol. The van der Waals surface area contributed by atoms with Crippen molar-refractivity contribution < 1.29 is 17.6 Å². The number of hydrogen-bond donors (Lipinski definition) is 2. The highest BCUT2D eigenvalue weighted by atomic mass is 32.2. The van der Waals surface area contributed by atoms with E-state index in [1.807, 2.05) is 0 Å². The number of rotatable bonds is 3. The van der Waals surface area contributed by atoms with Crippen molar-refractivity contribution in [2.75, 3.05) is 19.3 Å². The molecule has 1 amide bonds. The van der Waals surface area contributed by atoms with Crippen LogP contribution in [0.1, 0.15) is 12.8 Å². The number of carbonyl (C=O) groups excluding carboxylic acids is 1. The van der Waals surface area contributed by atoms with Gasteiger partial charge in [0.2, 0.25) is 15.9 Å². The highest BCUT2D eigenvalue weighted by Crippen LogP contribution is 2.27. The van der Waals surface area contributed by atoms with Gasteiger partial charge in [-0.2, -0.15) is 4.31 Å². The number of sulfonamides is 1. The van der Waals surface area contributed by atoms with Gasteiger partial charge in [-0.05, 0) is 31.0 Å². The first-order valence-corrected chi connectivity index (χ1v) is 7.60. The second kappa shape index (κ2) is 5.37. The highest BCUT2D eigenvalue weighted by molar-refractivity contribution is 7.89. The molecule has 0 radical (unpaired) electrons. The standard InChI is InChI=1S/C12H16FN3O3S/c1-15-12(17)11-3-2-6-16(11)20(18,19)8-4-5-9(13)10(14)7-8/h4-5,7,11H,2-3,6,14H2,1H3,(H,15,17). The average molecular weight is 301 g/mol. The van der Waals surface area contributed by atoms with Gasteiger partial charge in [0.1, 0.15) is 11.9 Å². The first-order chi connectivity index (χ1) is 9.37. The Hall–Kier alpha value is -1.67. The third kappa shape index (κ3) is 2.48. The molecular formula is C12H16FN3O3S. The molecule has 20 heavy (non-hydrogen) atoms. The lowest BCUT2D eigenvalue weighted by molar-refractivity contribution is -0.123.